The molecule has 1 amide bonds. The molecule has 1 aliphatic rings. The van der Waals surface area contributed by atoms with Gasteiger partial charge in [-0.15, -0.1) is 0 Å². The molecular formula is C75H105F4NO25S2Si. The molecule has 0 saturated heterocycles. The lowest BCUT2D eigenvalue weighted by molar-refractivity contribution is -0.231. The number of ether oxygens (including phenoxy) is 22. The number of carbonyl (C=O) groups excluding carboxylic acids is 2. The van der Waals surface area contributed by atoms with E-state index < -0.39 is 49.5 Å². The van der Waals surface area contributed by atoms with Gasteiger partial charge in [0.25, 0.3) is 0 Å². The van der Waals surface area contributed by atoms with Crippen molar-refractivity contribution in [1.82, 2.24) is 5.32 Å². The highest BCUT2D eigenvalue weighted by Crippen LogP contribution is 2.39. The van der Waals surface area contributed by atoms with Crippen LogP contribution in [0.5, 0.6) is 11.5 Å². The first kappa shape index (κ1) is 91.5. The summed E-state index contributed by atoms with van der Waals surface area (Å²) in [6.07, 6.45) is 1.93. The van der Waals surface area contributed by atoms with Crippen molar-refractivity contribution in [3.8, 4) is 44.9 Å². The molecule has 0 aliphatic carbocycles. The van der Waals surface area contributed by atoms with Crippen molar-refractivity contribution < 1.29 is 136 Å². The number of esters is 1. The highest BCUT2D eigenvalue weighted by molar-refractivity contribution is 7.99. The summed E-state index contributed by atoms with van der Waals surface area (Å²) < 4.78 is 171. The smallest absolute Gasteiger partial charge is 0.313 e. The summed E-state index contributed by atoms with van der Waals surface area (Å²) in [4.78, 5) is 23.9. The van der Waals surface area contributed by atoms with E-state index in [2.05, 4.69) is 70.7 Å². The Bertz CT molecular complexity index is 3180. The van der Waals surface area contributed by atoms with Gasteiger partial charge in [0, 0.05) is 44.8 Å². The molecule has 33 heteroatoms. The number of benzene rings is 5. The summed E-state index contributed by atoms with van der Waals surface area (Å²) >= 11 is 3.85. The number of methoxy groups -OCH3 is 2. The number of amides is 1. The van der Waals surface area contributed by atoms with Gasteiger partial charge in [0.15, 0.2) is 66.0 Å². The van der Waals surface area contributed by atoms with Crippen molar-refractivity contribution in [1.29, 1.82) is 0 Å². The number of nitrogens with one attached hydrogen (secondary N) is 1. The van der Waals surface area contributed by atoms with E-state index in [0.29, 0.717) is 85.8 Å². The largest absolute Gasteiger partial charge is 0.491 e. The molecular weight excluding hydrogens is 1480 g/mol. The molecule has 0 aromatic heterocycles. The van der Waals surface area contributed by atoms with Crippen LogP contribution in [0.3, 0.4) is 0 Å². The minimum atomic E-state index is -2.39. The SMILES string of the molecule is COCCSCCC[Si]1(CCCSCCOCOCOCOCOCOCOCOCOCOCOC)c2cc(-c3ccc(CO)cc3)ccc2-c2ccc(-c3ccc(OCCOCCOCCOCCOCCC(=O)NCCOCCOCCOCCOCCC(=O)Oc4c(F)c(F)cc(F)c4F)cc3)cc21. The molecule has 108 heavy (non-hydrogen) atoms. The Hall–Kier alpha value is -5.36. The first-order chi connectivity index (χ1) is 53.1. The van der Waals surface area contributed by atoms with Crippen LogP contribution < -0.4 is 25.2 Å². The lowest BCUT2D eigenvalue weighted by Gasteiger charge is -2.31. The van der Waals surface area contributed by atoms with Crippen LogP contribution in [0.15, 0.2) is 91.0 Å². The van der Waals surface area contributed by atoms with Crippen molar-refractivity contribution in [3.05, 3.63) is 120 Å². The van der Waals surface area contributed by atoms with Gasteiger partial charge in [-0.2, -0.15) is 32.3 Å². The molecule has 6 rings (SSSR count). The van der Waals surface area contributed by atoms with Crippen LogP contribution in [0.4, 0.5) is 17.6 Å². The Morgan fingerprint density at radius 3 is 1.25 bits per heavy atom. The fourth-order valence-electron chi connectivity index (χ4n) is 10.7. The fraction of sp³-hybridized carbons (Fsp3) is 0.573. The zero-order valence-electron chi connectivity index (χ0n) is 61.7. The number of hydrogen-bond acceptors (Lipinski definition) is 27. The summed E-state index contributed by atoms with van der Waals surface area (Å²) in [6, 6.07) is 32.9. The summed E-state index contributed by atoms with van der Waals surface area (Å²) in [7, 11) is 0.889. The molecule has 5 aromatic rings. The number of halogens is 4. The van der Waals surface area contributed by atoms with Gasteiger partial charge < -0.3 is 115 Å². The summed E-state index contributed by atoms with van der Waals surface area (Å²) in [5, 5.41) is 15.6. The van der Waals surface area contributed by atoms with Crippen LogP contribution in [0.2, 0.25) is 12.1 Å². The number of rotatable bonds is 69. The van der Waals surface area contributed by atoms with E-state index in [-0.39, 0.29) is 133 Å². The number of carbonyl (C=O) groups is 2. The van der Waals surface area contributed by atoms with E-state index in [9.17, 15) is 32.3 Å². The summed E-state index contributed by atoms with van der Waals surface area (Å²) in [6.45, 7) is 6.59. The van der Waals surface area contributed by atoms with Crippen LogP contribution >= 0.6 is 23.5 Å². The molecule has 0 fully saturated rings. The molecule has 0 radical (unpaired) electrons. The average Bonchev–Trinajstić information content (AvgIpc) is 1.56. The molecule has 1 atom stereocenters. The van der Waals surface area contributed by atoms with E-state index in [4.69, 9.17) is 99.5 Å². The first-order valence-corrected chi connectivity index (χ1v) is 40.4. The van der Waals surface area contributed by atoms with Crippen molar-refractivity contribution in [3.63, 3.8) is 0 Å². The lowest BCUT2D eigenvalue weighted by Crippen LogP contribution is -2.55. The maximum Gasteiger partial charge on any atom is 0.313 e. The fourth-order valence-corrected chi connectivity index (χ4v) is 18.3. The van der Waals surface area contributed by atoms with Gasteiger partial charge in [-0.25, -0.2) is 8.78 Å². The molecule has 1 aliphatic heterocycles. The first-order valence-electron chi connectivity index (χ1n) is 35.6. The normalized spacial score (nSPS) is 13.2. The third-order valence-corrected chi connectivity index (χ3v) is 23.2. The second-order valence-electron chi connectivity index (χ2n) is 23.5. The number of aliphatic hydroxyl groups excluding tert-OH is 1. The van der Waals surface area contributed by atoms with Crippen LogP contribution in [0.25, 0.3) is 33.4 Å². The van der Waals surface area contributed by atoms with Gasteiger partial charge in [-0.3, -0.25) is 9.59 Å². The van der Waals surface area contributed by atoms with Gasteiger partial charge in [0.05, 0.1) is 132 Å². The zero-order valence-corrected chi connectivity index (χ0v) is 64.4. The van der Waals surface area contributed by atoms with Crippen LogP contribution in [-0.4, -0.2) is 262 Å². The highest BCUT2D eigenvalue weighted by atomic mass is 32.2. The Kier molecular flexibility index (Phi) is 49.6. The topological polar surface area (TPSA) is 269 Å². The third kappa shape index (κ3) is 36.9. The Balaban J connectivity index is 0.796. The molecule has 26 nitrogen and oxygen atoms in total. The quantitative estimate of drug-likeness (QED) is 0.00699. The van der Waals surface area contributed by atoms with E-state index >= 15 is 0 Å². The summed E-state index contributed by atoms with van der Waals surface area (Å²) in [5.74, 6) is -5.15. The molecule has 0 spiro atoms. The molecule has 1 unspecified atom stereocenters. The molecule has 1 heterocycles. The van der Waals surface area contributed by atoms with Crippen molar-refractivity contribution >= 4 is 53.8 Å². The maximum absolute atomic E-state index is 13.7. The van der Waals surface area contributed by atoms with E-state index in [1.807, 2.05) is 47.8 Å². The Morgan fingerprint density at radius 1 is 0.398 bits per heavy atom. The maximum atomic E-state index is 13.7. The predicted molar refractivity (Wildman–Crippen MR) is 397 cm³/mol. The van der Waals surface area contributed by atoms with Crippen LogP contribution in [0, 0.1) is 23.3 Å². The molecule has 5 aromatic carbocycles. The second kappa shape index (κ2) is 58.5. The number of fused-ring (bicyclic) bond motifs is 3. The monoisotopic (exact) mass is 1590 g/mol. The minimum absolute atomic E-state index is 0.000600. The van der Waals surface area contributed by atoms with Gasteiger partial charge in [0.2, 0.25) is 23.3 Å². The predicted octanol–water partition coefficient (Wildman–Crippen LogP) is 8.91. The third-order valence-electron chi connectivity index (χ3n) is 15.8. The Labute approximate surface area is 639 Å². The van der Waals surface area contributed by atoms with Crippen molar-refractivity contribution in [2.75, 3.05) is 237 Å². The van der Waals surface area contributed by atoms with Crippen molar-refractivity contribution in [2.24, 2.45) is 0 Å². The summed E-state index contributed by atoms with van der Waals surface area (Å²) in [5.41, 5.74) is 8.15. The zero-order chi connectivity index (χ0) is 76.6. The van der Waals surface area contributed by atoms with Crippen LogP contribution in [-0.2, 0) is 111 Å². The van der Waals surface area contributed by atoms with Crippen LogP contribution in [0.1, 0.15) is 31.2 Å². The highest BCUT2D eigenvalue weighted by Gasteiger charge is 2.45. The molecule has 604 valence electrons. The van der Waals surface area contributed by atoms with E-state index in [1.54, 1.807) is 7.11 Å². The number of hydrogen-bond donors (Lipinski definition) is 2. The molecule has 2 N–H and O–H groups in total. The number of aliphatic hydroxyl groups is 1. The molecule has 0 bridgehead atoms. The standard InChI is InChI=1S/C75H105F4NO25S2Si/c1-84-37-41-106-39-3-43-108(44-4-40-107-42-38-94-50-96-52-98-54-100-56-102-58-103-57-101-55-99-53-97-51-95-49-85-2)69-45-62(60-7-5-59(48-81)6-8-60)11-15-65(69)66-16-12-63(46-70(66)108)61-9-13-64(14-10-61)104-36-35-93-34-33-92-32-30-89-26-23-86-20-17-71(82)80-19-22-88-25-28-91-31-29-90-27-24-87-21-18-72(83)105-75-73(78)67(76)47-68(77)74(75)79/h5-16,45-47,81H,3-4,17-44,48-58H2,1-2H3,(H,80,82). The van der Waals surface area contributed by atoms with Gasteiger partial charge >= 0.3 is 5.97 Å². The van der Waals surface area contributed by atoms with E-state index in [0.717, 1.165) is 77.0 Å². The number of thioether (sulfide) groups is 2. The minimum Gasteiger partial charge on any atom is -0.491 e. The van der Waals surface area contributed by atoms with Gasteiger partial charge in [-0.1, -0.05) is 72.8 Å². The lowest BCUT2D eigenvalue weighted by atomic mass is 9.98. The molecule has 0 saturated carbocycles. The Morgan fingerprint density at radius 2 is 0.796 bits per heavy atom. The van der Waals surface area contributed by atoms with Gasteiger partial charge in [-0.05, 0) is 97.9 Å². The second-order valence-corrected chi connectivity index (χ2v) is 30.2. The van der Waals surface area contributed by atoms with Gasteiger partial charge in [0.1, 0.15) is 34.0 Å². The van der Waals surface area contributed by atoms with E-state index in [1.165, 1.54) is 39.7 Å². The average molecular weight is 1590 g/mol. The van der Waals surface area contributed by atoms with Crippen molar-refractivity contribution in [2.45, 2.75) is 44.4 Å².